The number of hydrogen-bond acceptors (Lipinski definition) is 1. The van der Waals surface area contributed by atoms with Crippen molar-refractivity contribution in [1.29, 1.82) is 0 Å². The smallest absolute Gasteiger partial charge is 0.0645 e. The molecule has 2 aromatic carbocycles. The highest BCUT2D eigenvalue weighted by Gasteiger charge is 2.38. The van der Waals surface area contributed by atoms with Crippen molar-refractivity contribution in [2.24, 2.45) is 5.92 Å². The van der Waals surface area contributed by atoms with E-state index < -0.39 is 0 Å². The molecule has 21 heavy (non-hydrogen) atoms. The summed E-state index contributed by atoms with van der Waals surface area (Å²) in [6, 6.07) is 14.6. The fourth-order valence-electron chi connectivity index (χ4n) is 3.61. The summed E-state index contributed by atoms with van der Waals surface area (Å²) in [4.78, 5) is 0. The normalized spacial score (nSPS) is 26.1. The van der Waals surface area contributed by atoms with Crippen LogP contribution in [0.1, 0.15) is 29.5 Å². The van der Waals surface area contributed by atoms with Crippen LogP contribution in [0.15, 0.2) is 54.6 Å². The van der Waals surface area contributed by atoms with Crippen LogP contribution in [0.3, 0.4) is 0 Å². The SMILES string of the molecule is Clc1cccc([C@@H]2Nc3ccccc3[C@H]3C=CC[C@H]32)c1Cl. The van der Waals surface area contributed by atoms with Crippen LogP contribution in [0.2, 0.25) is 10.0 Å². The molecule has 0 spiro atoms. The lowest BCUT2D eigenvalue weighted by Crippen LogP contribution is -2.29. The molecule has 1 nitrogen and oxygen atoms in total. The Labute approximate surface area is 134 Å². The Kier molecular flexibility index (Phi) is 3.20. The molecule has 1 heterocycles. The van der Waals surface area contributed by atoms with E-state index in [-0.39, 0.29) is 6.04 Å². The fraction of sp³-hybridized carbons (Fsp3) is 0.222. The van der Waals surface area contributed by atoms with Crippen molar-refractivity contribution in [1.82, 2.24) is 0 Å². The maximum Gasteiger partial charge on any atom is 0.0645 e. The van der Waals surface area contributed by atoms with Crippen LogP contribution in [0.5, 0.6) is 0 Å². The number of halogens is 2. The Morgan fingerprint density at radius 3 is 2.67 bits per heavy atom. The maximum atomic E-state index is 6.45. The highest BCUT2D eigenvalue weighted by Crippen LogP contribution is 2.51. The van der Waals surface area contributed by atoms with Crippen LogP contribution in [-0.2, 0) is 0 Å². The number of para-hydroxylation sites is 1. The molecule has 0 radical (unpaired) electrons. The van der Waals surface area contributed by atoms with Gasteiger partial charge in [0.2, 0.25) is 0 Å². The molecular weight excluding hydrogens is 301 g/mol. The molecule has 4 rings (SSSR count). The zero-order chi connectivity index (χ0) is 14.4. The van der Waals surface area contributed by atoms with Crippen molar-refractivity contribution in [3.05, 3.63) is 75.8 Å². The van der Waals surface area contributed by atoms with E-state index in [2.05, 4.69) is 47.8 Å². The molecule has 0 aromatic heterocycles. The summed E-state index contributed by atoms with van der Waals surface area (Å²) < 4.78 is 0. The Bertz CT molecular complexity index is 723. The summed E-state index contributed by atoms with van der Waals surface area (Å²) in [5.74, 6) is 0.957. The van der Waals surface area contributed by atoms with Gasteiger partial charge in [-0.15, -0.1) is 0 Å². The van der Waals surface area contributed by atoms with E-state index in [1.165, 1.54) is 11.3 Å². The van der Waals surface area contributed by atoms with Gasteiger partial charge in [0.25, 0.3) is 0 Å². The van der Waals surface area contributed by atoms with Crippen molar-refractivity contribution >= 4 is 28.9 Å². The van der Waals surface area contributed by atoms with E-state index in [4.69, 9.17) is 23.2 Å². The van der Waals surface area contributed by atoms with Gasteiger partial charge in [0, 0.05) is 11.6 Å². The molecular formula is C18H15Cl2N. The Balaban J connectivity index is 1.83. The molecule has 0 saturated heterocycles. The Hall–Kier alpha value is -1.44. The molecule has 106 valence electrons. The highest BCUT2D eigenvalue weighted by molar-refractivity contribution is 6.42. The monoisotopic (exact) mass is 315 g/mol. The van der Waals surface area contributed by atoms with E-state index in [0.29, 0.717) is 21.9 Å². The van der Waals surface area contributed by atoms with Crippen molar-refractivity contribution in [3.63, 3.8) is 0 Å². The molecule has 1 aliphatic heterocycles. The quantitative estimate of drug-likeness (QED) is 0.654. The third-order valence-electron chi connectivity index (χ3n) is 4.59. The molecule has 0 unspecified atom stereocenters. The summed E-state index contributed by atoms with van der Waals surface area (Å²) in [6.07, 6.45) is 5.68. The number of fused-ring (bicyclic) bond motifs is 3. The minimum Gasteiger partial charge on any atom is -0.378 e. The van der Waals surface area contributed by atoms with Crippen LogP contribution < -0.4 is 5.32 Å². The lowest BCUT2D eigenvalue weighted by molar-refractivity contribution is 0.426. The molecule has 2 aliphatic rings. The average Bonchev–Trinajstić information content (AvgIpc) is 2.99. The topological polar surface area (TPSA) is 12.0 Å². The van der Waals surface area contributed by atoms with Gasteiger partial charge >= 0.3 is 0 Å². The summed E-state index contributed by atoms with van der Waals surface area (Å²) >= 11 is 12.7. The minimum atomic E-state index is 0.200. The maximum absolute atomic E-state index is 6.45. The van der Waals surface area contributed by atoms with Crippen molar-refractivity contribution in [2.45, 2.75) is 18.4 Å². The van der Waals surface area contributed by atoms with Crippen LogP contribution in [-0.4, -0.2) is 0 Å². The second kappa shape index (κ2) is 5.08. The van der Waals surface area contributed by atoms with Crippen molar-refractivity contribution in [3.8, 4) is 0 Å². The first-order valence-corrected chi connectivity index (χ1v) is 7.97. The standard InChI is InChI=1S/C18H15Cl2N/c19-15-9-4-8-14(17(15)20)18-13-7-3-6-11(13)12-5-1-2-10-16(12)21-18/h1-6,8-11,13,18,21H,7H2/t11-,13-,18-/m1/s1. The van der Waals surface area contributed by atoms with Crippen molar-refractivity contribution < 1.29 is 0 Å². The Morgan fingerprint density at radius 2 is 1.76 bits per heavy atom. The van der Waals surface area contributed by atoms with E-state index >= 15 is 0 Å². The fourth-order valence-corrected chi connectivity index (χ4v) is 4.04. The van der Waals surface area contributed by atoms with Gasteiger partial charge in [0.15, 0.2) is 0 Å². The number of nitrogens with one attached hydrogen (secondary N) is 1. The van der Waals surface area contributed by atoms with Gasteiger partial charge in [0.1, 0.15) is 0 Å². The third kappa shape index (κ3) is 2.07. The van der Waals surface area contributed by atoms with E-state index in [1.807, 2.05) is 12.1 Å². The number of hydrogen-bond donors (Lipinski definition) is 1. The zero-order valence-corrected chi connectivity index (χ0v) is 12.9. The lowest BCUT2D eigenvalue weighted by Gasteiger charge is -2.37. The molecule has 0 fully saturated rings. The molecule has 1 aliphatic carbocycles. The van der Waals surface area contributed by atoms with Crippen LogP contribution in [0.25, 0.3) is 0 Å². The van der Waals surface area contributed by atoms with Crippen molar-refractivity contribution in [2.75, 3.05) is 5.32 Å². The summed E-state index contributed by atoms with van der Waals surface area (Å²) in [6.45, 7) is 0. The first-order valence-electron chi connectivity index (χ1n) is 7.22. The molecule has 0 saturated carbocycles. The zero-order valence-electron chi connectivity index (χ0n) is 11.4. The molecule has 2 aromatic rings. The molecule has 3 heteroatoms. The van der Waals surface area contributed by atoms with Gasteiger partial charge in [-0.1, -0.05) is 65.7 Å². The number of allylic oxidation sites excluding steroid dienone is 2. The van der Waals surface area contributed by atoms with Crippen LogP contribution >= 0.6 is 23.2 Å². The molecule has 1 N–H and O–H groups in total. The van der Waals surface area contributed by atoms with Gasteiger partial charge in [-0.2, -0.15) is 0 Å². The minimum absolute atomic E-state index is 0.200. The van der Waals surface area contributed by atoms with E-state index in [0.717, 1.165) is 12.0 Å². The van der Waals surface area contributed by atoms with Gasteiger partial charge < -0.3 is 5.32 Å². The Morgan fingerprint density at radius 1 is 0.952 bits per heavy atom. The second-order valence-corrected chi connectivity index (χ2v) is 6.49. The van der Waals surface area contributed by atoms with E-state index in [1.54, 1.807) is 0 Å². The largest absolute Gasteiger partial charge is 0.378 e. The van der Waals surface area contributed by atoms with Gasteiger partial charge in [-0.25, -0.2) is 0 Å². The molecule has 0 amide bonds. The van der Waals surface area contributed by atoms with Crippen LogP contribution in [0, 0.1) is 5.92 Å². The van der Waals surface area contributed by atoms with E-state index in [9.17, 15) is 0 Å². The molecule has 3 atom stereocenters. The second-order valence-electron chi connectivity index (χ2n) is 5.71. The predicted octanol–water partition coefficient (Wildman–Crippen LogP) is 5.82. The van der Waals surface area contributed by atoms with Gasteiger partial charge in [-0.05, 0) is 35.6 Å². The molecule has 0 bridgehead atoms. The summed E-state index contributed by atoms with van der Waals surface area (Å²) in [5, 5.41) is 4.96. The summed E-state index contributed by atoms with van der Waals surface area (Å²) in [7, 11) is 0. The van der Waals surface area contributed by atoms with Gasteiger partial charge in [0.05, 0.1) is 16.1 Å². The first-order chi connectivity index (χ1) is 10.3. The highest BCUT2D eigenvalue weighted by atomic mass is 35.5. The van der Waals surface area contributed by atoms with Crippen LogP contribution in [0.4, 0.5) is 5.69 Å². The predicted molar refractivity (Wildman–Crippen MR) is 89.3 cm³/mol. The number of benzene rings is 2. The number of anilines is 1. The lowest BCUT2D eigenvalue weighted by atomic mass is 9.77. The average molecular weight is 316 g/mol. The third-order valence-corrected chi connectivity index (χ3v) is 5.42. The summed E-state index contributed by atoms with van der Waals surface area (Å²) in [5.41, 5.74) is 3.68. The van der Waals surface area contributed by atoms with Gasteiger partial charge in [-0.3, -0.25) is 0 Å². The number of rotatable bonds is 1. The first kappa shape index (κ1) is 13.2.